The number of rotatable bonds is 2. The third-order valence-corrected chi connectivity index (χ3v) is 5.43. The first-order chi connectivity index (χ1) is 9.91. The average molecular weight is 311 g/mol. The Hall–Kier alpha value is -2.09. The molecule has 6 nitrogen and oxygen atoms in total. The molecular formula is C13H14FN3O3S. The molecule has 8 heteroatoms. The first-order valence-corrected chi connectivity index (χ1v) is 7.82. The molecule has 112 valence electrons. The van der Waals surface area contributed by atoms with Crippen molar-refractivity contribution in [3.05, 3.63) is 35.4 Å². The number of fused-ring (bicyclic) bond motifs is 1. The minimum Gasteiger partial charge on any atom is -0.489 e. The van der Waals surface area contributed by atoms with Gasteiger partial charge in [-0.2, -0.15) is 5.10 Å². The number of nitrogens with zero attached hydrogens (tertiary/aromatic N) is 2. The minimum absolute atomic E-state index is 0.152. The number of nitrogens with one attached hydrogen (secondary N) is 1. The Kier molecular flexibility index (Phi) is 3.12. The van der Waals surface area contributed by atoms with Crippen LogP contribution in [-0.4, -0.2) is 31.8 Å². The fraction of sp³-hybridized carbons (Fsp3) is 0.308. The molecule has 1 aliphatic heterocycles. The second-order valence-corrected chi connectivity index (χ2v) is 6.60. The summed E-state index contributed by atoms with van der Waals surface area (Å²) in [6.07, 6.45) is 0. The van der Waals surface area contributed by atoms with Crippen LogP contribution in [0.15, 0.2) is 23.1 Å². The van der Waals surface area contributed by atoms with Crippen molar-refractivity contribution in [3.63, 3.8) is 0 Å². The largest absolute Gasteiger partial charge is 0.489 e. The summed E-state index contributed by atoms with van der Waals surface area (Å²) in [7, 11) is -3.77. The number of ether oxygens (including phenoxy) is 1. The molecule has 0 amide bonds. The van der Waals surface area contributed by atoms with Crippen LogP contribution in [0.25, 0.3) is 0 Å². The Bertz CT molecular complexity index is 781. The smallest absolute Gasteiger partial charge is 0.268 e. The predicted octanol–water partition coefficient (Wildman–Crippen LogP) is 1.75. The Morgan fingerprint density at radius 3 is 2.81 bits per heavy atom. The number of aryl methyl sites for hydroxylation is 2. The van der Waals surface area contributed by atoms with Gasteiger partial charge in [0.05, 0.1) is 23.6 Å². The predicted molar refractivity (Wildman–Crippen MR) is 74.5 cm³/mol. The molecule has 1 aromatic heterocycles. The quantitative estimate of drug-likeness (QED) is 0.917. The van der Waals surface area contributed by atoms with E-state index in [2.05, 4.69) is 10.2 Å². The van der Waals surface area contributed by atoms with E-state index in [9.17, 15) is 12.8 Å². The summed E-state index contributed by atoms with van der Waals surface area (Å²) in [6.45, 7) is 3.62. The van der Waals surface area contributed by atoms with Crippen LogP contribution in [0, 0.1) is 19.7 Å². The number of hydrogen-bond acceptors (Lipinski definition) is 4. The fourth-order valence-electron chi connectivity index (χ4n) is 2.45. The highest BCUT2D eigenvalue weighted by molar-refractivity contribution is 7.93. The Morgan fingerprint density at radius 2 is 2.14 bits per heavy atom. The highest BCUT2D eigenvalue weighted by atomic mass is 32.2. The number of H-pyrrole nitrogens is 1. The maximum atomic E-state index is 13.3. The first kappa shape index (κ1) is 13.9. The maximum Gasteiger partial charge on any atom is 0.268 e. The molecule has 0 saturated heterocycles. The van der Waals surface area contributed by atoms with E-state index in [4.69, 9.17) is 4.74 Å². The van der Waals surface area contributed by atoms with Crippen molar-refractivity contribution in [1.82, 2.24) is 10.2 Å². The van der Waals surface area contributed by atoms with Gasteiger partial charge >= 0.3 is 0 Å². The Labute approximate surface area is 121 Å². The van der Waals surface area contributed by atoms with Crippen LogP contribution in [-0.2, 0) is 10.0 Å². The van der Waals surface area contributed by atoms with Crippen molar-refractivity contribution >= 4 is 15.7 Å². The second kappa shape index (κ2) is 4.73. The summed E-state index contributed by atoms with van der Waals surface area (Å²) in [6, 6.07) is 3.81. The number of anilines is 1. The van der Waals surface area contributed by atoms with Gasteiger partial charge in [0.1, 0.15) is 23.1 Å². The summed E-state index contributed by atoms with van der Waals surface area (Å²) in [5, 5.41) is 6.59. The molecule has 2 aromatic rings. The molecule has 0 unspecified atom stereocenters. The van der Waals surface area contributed by atoms with Gasteiger partial charge in [-0.15, -0.1) is 0 Å². The van der Waals surface area contributed by atoms with Crippen LogP contribution in [0.2, 0.25) is 0 Å². The molecule has 0 spiro atoms. The molecule has 0 atom stereocenters. The molecule has 0 bridgehead atoms. The van der Waals surface area contributed by atoms with Gasteiger partial charge < -0.3 is 4.74 Å². The van der Waals surface area contributed by atoms with Crippen LogP contribution < -0.4 is 9.04 Å². The molecule has 3 rings (SSSR count). The number of halogens is 1. The van der Waals surface area contributed by atoms with Crippen LogP contribution >= 0.6 is 0 Å². The number of sulfonamides is 1. The highest BCUT2D eigenvalue weighted by Crippen LogP contribution is 2.36. The normalized spacial score (nSPS) is 14.7. The van der Waals surface area contributed by atoms with Crippen molar-refractivity contribution in [1.29, 1.82) is 0 Å². The average Bonchev–Trinajstić information content (AvgIpc) is 2.77. The topological polar surface area (TPSA) is 75.3 Å². The number of aromatic nitrogens is 2. The van der Waals surface area contributed by atoms with E-state index in [1.54, 1.807) is 13.8 Å². The van der Waals surface area contributed by atoms with Crippen molar-refractivity contribution in [2.24, 2.45) is 0 Å². The van der Waals surface area contributed by atoms with Crippen molar-refractivity contribution in [2.75, 3.05) is 17.5 Å². The van der Waals surface area contributed by atoms with Crippen molar-refractivity contribution < 1.29 is 17.5 Å². The van der Waals surface area contributed by atoms with E-state index in [1.165, 1.54) is 22.5 Å². The van der Waals surface area contributed by atoms with Gasteiger partial charge in [0.2, 0.25) is 0 Å². The zero-order chi connectivity index (χ0) is 15.2. The Morgan fingerprint density at radius 1 is 1.38 bits per heavy atom. The maximum absolute atomic E-state index is 13.3. The lowest BCUT2D eigenvalue weighted by molar-refractivity contribution is 0.314. The molecule has 0 saturated carbocycles. The molecule has 1 aliphatic rings. The van der Waals surface area contributed by atoms with Gasteiger partial charge in [-0.3, -0.25) is 9.40 Å². The molecule has 1 N–H and O–H groups in total. The van der Waals surface area contributed by atoms with Crippen LogP contribution in [0.1, 0.15) is 11.4 Å². The van der Waals surface area contributed by atoms with Gasteiger partial charge in [-0.1, -0.05) is 0 Å². The summed E-state index contributed by atoms with van der Waals surface area (Å²) < 4.78 is 45.5. The van der Waals surface area contributed by atoms with Crippen LogP contribution in [0.5, 0.6) is 5.75 Å². The number of hydrogen-bond donors (Lipinski definition) is 1. The molecule has 0 fully saturated rings. The monoisotopic (exact) mass is 311 g/mol. The third-order valence-electron chi connectivity index (χ3n) is 3.35. The standard InChI is InChI=1S/C13H14FN3O3S/c1-8-13(9(2)16-15-8)21(18,19)17-5-6-20-12-7-10(14)3-4-11(12)17/h3-4,7H,5-6H2,1-2H3,(H,15,16). The molecule has 21 heavy (non-hydrogen) atoms. The third kappa shape index (κ3) is 2.15. The summed E-state index contributed by atoms with van der Waals surface area (Å²) in [5.74, 6) is -0.243. The summed E-state index contributed by atoms with van der Waals surface area (Å²) >= 11 is 0. The zero-order valence-electron chi connectivity index (χ0n) is 11.6. The van der Waals surface area contributed by atoms with Gasteiger partial charge in [0.15, 0.2) is 0 Å². The van der Waals surface area contributed by atoms with E-state index < -0.39 is 15.8 Å². The molecule has 0 radical (unpaired) electrons. The lowest BCUT2D eigenvalue weighted by atomic mass is 10.2. The molecular weight excluding hydrogens is 297 g/mol. The SMILES string of the molecule is Cc1n[nH]c(C)c1S(=O)(=O)N1CCOc2cc(F)ccc21. The van der Waals surface area contributed by atoms with E-state index in [1.807, 2.05) is 0 Å². The highest BCUT2D eigenvalue weighted by Gasteiger charge is 2.33. The van der Waals surface area contributed by atoms with Crippen LogP contribution in [0.4, 0.5) is 10.1 Å². The first-order valence-electron chi connectivity index (χ1n) is 6.38. The fourth-order valence-corrected chi connectivity index (χ4v) is 4.25. The zero-order valence-corrected chi connectivity index (χ0v) is 12.4. The van der Waals surface area contributed by atoms with Crippen molar-refractivity contribution in [3.8, 4) is 5.75 Å². The van der Waals surface area contributed by atoms with E-state index in [0.717, 1.165) is 0 Å². The van der Waals surface area contributed by atoms with Crippen LogP contribution in [0.3, 0.4) is 0 Å². The second-order valence-electron chi connectivity index (χ2n) is 4.80. The number of benzene rings is 1. The van der Waals surface area contributed by atoms with Gasteiger partial charge in [-0.25, -0.2) is 12.8 Å². The minimum atomic E-state index is -3.77. The van der Waals surface area contributed by atoms with Crippen molar-refractivity contribution in [2.45, 2.75) is 18.7 Å². The van der Waals surface area contributed by atoms with Gasteiger partial charge in [0.25, 0.3) is 10.0 Å². The molecule has 2 heterocycles. The Balaban J connectivity index is 2.14. The van der Waals surface area contributed by atoms with Gasteiger partial charge in [-0.05, 0) is 26.0 Å². The lowest BCUT2D eigenvalue weighted by Gasteiger charge is -2.30. The van der Waals surface area contributed by atoms with Gasteiger partial charge in [0, 0.05) is 6.07 Å². The van der Waals surface area contributed by atoms with E-state index >= 15 is 0 Å². The molecule has 0 aliphatic carbocycles. The van der Waals surface area contributed by atoms with E-state index in [0.29, 0.717) is 17.1 Å². The summed E-state index contributed by atoms with van der Waals surface area (Å²) in [4.78, 5) is 0.152. The number of aromatic amines is 1. The van der Waals surface area contributed by atoms with E-state index in [-0.39, 0.29) is 23.8 Å². The summed E-state index contributed by atoms with van der Waals surface area (Å²) in [5.41, 5.74) is 1.22. The molecule has 1 aromatic carbocycles. The lowest BCUT2D eigenvalue weighted by Crippen LogP contribution is -2.38.